The van der Waals surface area contributed by atoms with E-state index in [2.05, 4.69) is 22.3 Å². The minimum absolute atomic E-state index is 0.188. The van der Waals surface area contributed by atoms with Gasteiger partial charge in [0.05, 0.1) is 23.4 Å². The maximum absolute atomic E-state index is 6.14. The Balaban J connectivity index is 1.80. The van der Waals surface area contributed by atoms with Crippen LogP contribution in [0.1, 0.15) is 35.1 Å². The third kappa shape index (κ3) is 2.28. The molecule has 0 fully saturated rings. The Kier molecular flexibility index (Phi) is 3.32. The van der Waals surface area contributed by atoms with Gasteiger partial charge in [-0.2, -0.15) is 0 Å². The van der Waals surface area contributed by atoms with Crippen LogP contribution in [0, 0.1) is 0 Å². The molecule has 2 heterocycles. The number of rotatable bonds is 3. The maximum atomic E-state index is 6.14. The van der Waals surface area contributed by atoms with Crippen molar-refractivity contribution in [3.8, 4) is 0 Å². The van der Waals surface area contributed by atoms with E-state index in [1.807, 2.05) is 5.51 Å². The largest absolute Gasteiger partial charge is 0.345 e. The summed E-state index contributed by atoms with van der Waals surface area (Å²) in [6.45, 7) is 0.811. The minimum atomic E-state index is 0.188. The predicted molar refractivity (Wildman–Crippen MR) is 76.2 cm³/mol. The van der Waals surface area contributed by atoms with Crippen LogP contribution in [0.15, 0.2) is 10.9 Å². The Morgan fingerprint density at radius 2 is 2.44 bits per heavy atom. The number of hydrogen-bond donors (Lipinski definition) is 1. The summed E-state index contributed by atoms with van der Waals surface area (Å²) in [6, 6.07) is 0.188. The highest BCUT2D eigenvalue weighted by molar-refractivity contribution is 7.15. The minimum Gasteiger partial charge on any atom is -0.345 e. The molecular formula is C12H16N4S2. The van der Waals surface area contributed by atoms with Gasteiger partial charge in [0, 0.05) is 23.3 Å². The molecule has 0 amide bonds. The zero-order valence-electron chi connectivity index (χ0n) is 10.3. The van der Waals surface area contributed by atoms with Crippen LogP contribution in [-0.4, -0.2) is 17.0 Å². The van der Waals surface area contributed by atoms with Gasteiger partial charge in [-0.15, -0.1) is 11.3 Å². The number of nitrogens with zero attached hydrogens (tertiary/aromatic N) is 3. The van der Waals surface area contributed by atoms with Gasteiger partial charge in [-0.1, -0.05) is 11.3 Å². The van der Waals surface area contributed by atoms with Gasteiger partial charge in [0.1, 0.15) is 0 Å². The molecule has 0 bridgehead atoms. The van der Waals surface area contributed by atoms with E-state index in [-0.39, 0.29) is 6.04 Å². The van der Waals surface area contributed by atoms with Crippen molar-refractivity contribution in [1.82, 2.24) is 9.97 Å². The van der Waals surface area contributed by atoms with E-state index >= 15 is 0 Å². The number of aromatic nitrogens is 2. The lowest BCUT2D eigenvalue weighted by Gasteiger charge is -2.15. The zero-order valence-corrected chi connectivity index (χ0v) is 11.9. The van der Waals surface area contributed by atoms with Gasteiger partial charge < -0.3 is 10.6 Å². The van der Waals surface area contributed by atoms with Crippen molar-refractivity contribution in [3.63, 3.8) is 0 Å². The van der Waals surface area contributed by atoms with Gasteiger partial charge in [0.25, 0.3) is 0 Å². The van der Waals surface area contributed by atoms with Crippen LogP contribution in [0.25, 0.3) is 0 Å². The normalized spacial score (nSPS) is 18.7. The van der Waals surface area contributed by atoms with Crippen molar-refractivity contribution in [1.29, 1.82) is 0 Å². The van der Waals surface area contributed by atoms with Crippen molar-refractivity contribution in [2.24, 2.45) is 5.73 Å². The van der Waals surface area contributed by atoms with E-state index in [1.165, 1.54) is 10.6 Å². The summed E-state index contributed by atoms with van der Waals surface area (Å²) in [4.78, 5) is 12.5. The third-order valence-corrected chi connectivity index (χ3v) is 5.17. The molecule has 1 aliphatic rings. The van der Waals surface area contributed by atoms with Crippen LogP contribution in [0.2, 0.25) is 0 Å². The molecule has 2 N–H and O–H groups in total. The summed E-state index contributed by atoms with van der Waals surface area (Å²) in [5, 5.41) is 3.14. The molecule has 1 unspecified atom stereocenters. The SMILES string of the molecule is CN(Cc1cscn1)c1nc2c(s1)C(N)CCC2. The molecule has 2 aromatic rings. The van der Waals surface area contributed by atoms with Crippen molar-refractivity contribution >= 4 is 27.8 Å². The Hall–Kier alpha value is -0.980. The fourth-order valence-corrected chi connectivity index (χ4v) is 3.89. The smallest absolute Gasteiger partial charge is 0.185 e. The number of fused-ring (bicyclic) bond motifs is 1. The van der Waals surface area contributed by atoms with Gasteiger partial charge in [-0.25, -0.2) is 9.97 Å². The Bertz CT molecular complexity index is 520. The molecule has 96 valence electrons. The van der Waals surface area contributed by atoms with Crippen LogP contribution >= 0.6 is 22.7 Å². The molecule has 4 nitrogen and oxygen atoms in total. The summed E-state index contributed by atoms with van der Waals surface area (Å²) in [5.41, 5.74) is 10.3. The molecule has 6 heteroatoms. The summed E-state index contributed by atoms with van der Waals surface area (Å²) in [6.07, 6.45) is 3.32. The first-order valence-corrected chi connectivity index (χ1v) is 7.83. The standard InChI is InChI=1S/C12H16N4S2/c1-16(5-8-6-17-7-14-8)12-15-10-4-2-3-9(13)11(10)18-12/h6-7,9H,2-5,13H2,1H3. The Morgan fingerprint density at radius 3 is 3.17 bits per heavy atom. The molecule has 1 aliphatic carbocycles. The van der Waals surface area contributed by atoms with Crippen LogP contribution < -0.4 is 10.6 Å². The zero-order chi connectivity index (χ0) is 12.5. The fraction of sp³-hybridized carbons (Fsp3) is 0.500. The van der Waals surface area contributed by atoms with E-state index in [9.17, 15) is 0 Å². The quantitative estimate of drug-likeness (QED) is 0.939. The van der Waals surface area contributed by atoms with Gasteiger partial charge in [-0.3, -0.25) is 0 Å². The molecule has 2 aromatic heterocycles. The first-order chi connectivity index (χ1) is 8.74. The second-order valence-corrected chi connectivity index (χ2v) is 6.37. The summed E-state index contributed by atoms with van der Waals surface area (Å²) < 4.78 is 0. The lowest BCUT2D eigenvalue weighted by atomic mass is 9.99. The van der Waals surface area contributed by atoms with E-state index < -0.39 is 0 Å². The highest BCUT2D eigenvalue weighted by atomic mass is 32.1. The van der Waals surface area contributed by atoms with Crippen molar-refractivity contribution in [2.45, 2.75) is 31.8 Å². The van der Waals surface area contributed by atoms with Crippen molar-refractivity contribution in [3.05, 3.63) is 27.2 Å². The van der Waals surface area contributed by atoms with Crippen LogP contribution in [-0.2, 0) is 13.0 Å². The lowest BCUT2D eigenvalue weighted by molar-refractivity contribution is 0.573. The number of hydrogen-bond acceptors (Lipinski definition) is 6. The second-order valence-electron chi connectivity index (χ2n) is 4.64. The van der Waals surface area contributed by atoms with Gasteiger partial charge in [0.2, 0.25) is 0 Å². The van der Waals surface area contributed by atoms with Crippen molar-refractivity contribution in [2.75, 3.05) is 11.9 Å². The molecule has 3 rings (SSSR count). The molecular weight excluding hydrogens is 264 g/mol. The van der Waals surface area contributed by atoms with Gasteiger partial charge in [-0.05, 0) is 19.3 Å². The molecule has 0 radical (unpaired) electrons. The van der Waals surface area contributed by atoms with E-state index in [0.29, 0.717) is 0 Å². The fourth-order valence-electron chi connectivity index (χ4n) is 2.23. The topological polar surface area (TPSA) is 55.0 Å². The summed E-state index contributed by atoms with van der Waals surface area (Å²) >= 11 is 3.37. The molecule has 18 heavy (non-hydrogen) atoms. The first-order valence-electron chi connectivity index (χ1n) is 6.07. The Morgan fingerprint density at radius 1 is 1.56 bits per heavy atom. The molecule has 0 aromatic carbocycles. The molecule has 0 saturated carbocycles. The predicted octanol–water partition coefficient (Wildman–Crippen LogP) is 2.57. The summed E-state index contributed by atoms with van der Waals surface area (Å²) in [7, 11) is 2.06. The van der Waals surface area contributed by atoms with Crippen LogP contribution in [0.3, 0.4) is 0 Å². The average Bonchev–Trinajstić information content (AvgIpc) is 2.97. The van der Waals surface area contributed by atoms with Crippen molar-refractivity contribution < 1.29 is 0 Å². The second kappa shape index (κ2) is 4.95. The van der Waals surface area contributed by atoms with Gasteiger partial charge in [0.15, 0.2) is 5.13 Å². The number of aryl methyl sites for hydroxylation is 1. The number of anilines is 1. The lowest BCUT2D eigenvalue weighted by Crippen LogP contribution is -2.16. The Labute approximate surface area is 114 Å². The summed E-state index contributed by atoms with van der Waals surface area (Å²) in [5.74, 6) is 0. The monoisotopic (exact) mass is 280 g/mol. The van der Waals surface area contributed by atoms with Crippen LogP contribution in [0.5, 0.6) is 0 Å². The molecule has 1 atom stereocenters. The van der Waals surface area contributed by atoms with E-state index in [4.69, 9.17) is 10.7 Å². The average molecular weight is 280 g/mol. The van der Waals surface area contributed by atoms with Gasteiger partial charge >= 0.3 is 0 Å². The molecule has 0 aliphatic heterocycles. The molecule has 0 saturated heterocycles. The number of nitrogens with two attached hydrogens (primary N) is 1. The van der Waals surface area contributed by atoms with E-state index in [1.54, 1.807) is 22.7 Å². The highest BCUT2D eigenvalue weighted by Gasteiger charge is 2.22. The maximum Gasteiger partial charge on any atom is 0.185 e. The van der Waals surface area contributed by atoms with Crippen LogP contribution in [0.4, 0.5) is 5.13 Å². The third-order valence-electron chi connectivity index (χ3n) is 3.19. The molecule has 0 spiro atoms. The highest BCUT2D eigenvalue weighted by Crippen LogP contribution is 2.36. The number of thiazole rings is 2. The van der Waals surface area contributed by atoms with E-state index in [0.717, 1.165) is 36.6 Å². The first kappa shape index (κ1) is 12.1.